The van der Waals surface area contributed by atoms with Gasteiger partial charge in [0.1, 0.15) is 0 Å². The maximum atomic E-state index is 4.47. The van der Waals surface area contributed by atoms with Gasteiger partial charge in [-0.15, -0.1) is 0 Å². The Morgan fingerprint density at radius 3 is 2.79 bits per heavy atom. The van der Waals surface area contributed by atoms with Gasteiger partial charge in [0.15, 0.2) is 5.17 Å². The van der Waals surface area contributed by atoms with E-state index in [4.69, 9.17) is 0 Å². The second-order valence-corrected chi connectivity index (χ2v) is 5.89. The molecule has 1 atom stereocenters. The molecule has 2 nitrogen and oxygen atoms in total. The fourth-order valence-electron chi connectivity index (χ4n) is 2.20. The number of hydrogen-bond acceptors (Lipinski definition) is 3. The van der Waals surface area contributed by atoms with Gasteiger partial charge in [-0.05, 0) is 18.8 Å². The van der Waals surface area contributed by atoms with E-state index < -0.39 is 0 Å². The van der Waals surface area contributed by atoms with Gasteiger partial charge in [-0.25, -0.2) is 0 Å². The van der Waals surface area contributed by atoms with Crippen LogP contribution >= 0.6 is 11.8 Å². The van der Waals surface area contributed by atoms with Gasteiger partial charge in [-0.3, -0.25) is 4.99 Å². The molecule has 0 aromatic carbocycles. The fourth-order valence-corrected chi connectivity index (χ4v) is 3.04. The van der Waals surface area contributed by atoms with E-state index >= 15 is 0 Å². The number of nitrogens with one attached hydrogen (secondary N) is 1. The van der Waals surface area contributed by atoms with Crippen LogP contribution in [0.5, 0.6) is 0 Å². The van der Waals surface area contributed by atoms with Crippen LogP contribution in [-0.4, -0.2) is 23.5 Å². The summed E-state index contributed by atoms with van der Waals surface area (Å²) in [7, 11) is 0. The van der Waals surface area contributed by atoms with Gasteiger partial charge < -0.3 is 5.32 Å². The molecule has 0 radical (unpaired) electrons. The van der Waals surface area contributed by atoms with E-state index in [1.54, 1.807) is 0 Å². The number of hydrogen-bond donors (Lipinski definition) is 1. The first-order valence-electron chi connectivity index (χ1n) is 5.79. The van der Waals surface area contributed by atoms with Crippen molar-refractivity contribution in [2.24, 2.45) is 10.9 Å². The first-order chi connectivity index (χ1) is 6.84. The van der Waals surface area contributed by atoms with E-state index in [1.807, 2.05) is 11.8 Å². The predicted octanol–water partition coefficient (Wildman–Crippen LogP) is 2.65. The van der Waals surface area contributed by atoms with Crippen LogP contribution in [0.1, 0.15) is 39.0 Å². The van der Waals surface area contributed by atoms with Crippen molar-refractivity contribution in [3.8, 4) is 0 Å². The highest BCUT2D eigenvalue weighted by molar-refractivity contribution is 8.14. The molecular formula is C11H20N2S. The summed E-state index contributed by atoms with van der Waals surface area (Å²) in [5.74, 6) is 0.906. The molecule has 3 heteroatoms. The monoisotopic (exact) mass is 212 g/mol. The standard InChI is InChI=1S/C11H20N2S/c1-9-7-12-11(14-9)13-8-10-5-3-2-4-6-10/h9-10H,2-8H2,1H3,(H,12,13). The summed E-state index contributed by atoms with van der Waals surface area (Å²) in [6.45, 7) is 4.39. The van der Waals surface area contributed by atoms with Crippen molar-refractivity contribution in [3.63, 3.8) is 0 Å². The second kappa shape index (κ2) is 5.06. The maximum Gasteiger partial charge on any atom is 0.156 e. The van der Waals surface area contributed by atoms with Crippen molar-refractivity contribution in [1.82, 2.24) is 5.32 Å². The quantitative estimate of drug-likeness (QED) is 0.761. The summed E-state index contributed by atoms with van der Waals surface area (Å²) in [6.07, 6.45) is 7.15. The minimum Gasteiger partial charge on any atom is -0.365 e. The molecule has 2 rings (SSSR count). The number of rotatable bonds is 2. The molecule has 14 heavy (non-hydrogen) atoms. The SMILES string of the molecule is CC1CN=C(NCC2CCCCC2)S1. The predicted molar refractivity (Wildman–Crippen MR) is 63.9 cm³/mol. The molecule has 1 heterocycles. The van der Waals surface area contributed by atoms with Crippen LogP contribution in [0.4, 0.5) is 0 Å². The molecule has 0 spiro atoms. The van der Waals surface area contributed by atoms with Gasteiger partial charge in [0.05, 0.1) is 6.54 Å². The minimum absolute atomic E-state index is 0.684. The van der Waals surface area contributed by atoms with Crippen molar-refractivity contribution in [3.05, 3.63) is 0 Å². The van der Waals surface area contributed by atoms with E-state index in [-0.39, 0.29) is 0 Å². The summed E-state index contributed by atoms with van der Waals surface area (Å²) in [5, 5.41) is 5.36. The third kappa shape index (κ3) is 2.91. The number of amidine groups is 1. The van der Waals surface area contributed by atoms with Gasteiger partial charge in [-0.1, -0.05) is 37.9 Å². The van der Waals surface area contributed by atoms with Crippen molar-refractivity contribution < 1.29 is 0 Å². The van der Waals surface area contributed by atoms with E-state index in [9.17, 15) is 0 Å². The summed E-state index contributed by atoms with van der Waals surface area (Å²) in [4.78, 5) is 4.47. The molecule has 1 unspecified atom stereocenters. The zero-order valence-corrected chi connectivity index (χ0v) is 9.78. The summed E-state index contributed by atoms with van der Waals surface area (Å²) in [6, 6.07) is 0. The summed E-state index contributed by atoms with van der Waals surface area (Å²) in [5.41, 5.74) is 0. The largest absolute Gasteiger partial charge is 0.365 e. The van der Waals surface area contributed by atoms with E-state index in [1.165, 1.54) is 37.3 Å². The van der Waals surface area contributed by atoms with Gasteiger partial charge in [0.2, 0.25) is 0 Å². The van der Waals surface area contributed by atoms with E-state index in [0.29, 0.717) is 5.25 Å². The lowest BCUT2D eigenvalue weighted by molar-refractivity contribution is 0.357. The first kappa shape index (κ1) is 10.3. The summed E-state index contributed by atoms with van der Waals surface area (Å²) >= 11 is 1.89. The lowest BCUT2D eigenvalue weighted by Crippen LogP contribution is -2.27. The molecule has 1 aliphatic carbocycles. The highest BCUT2D eigenvalue weighted by Crippen LogP contribution is 2.24. The first-order valence-corrected chi connectivity index (χ1v) is 6.67. The van der Waals surface area contributed by atoms with Gasteiger partial charge in [0.25, 0.3) is 0 Å². The lowest BCUT2D eigenvalue weighted by atomic mass is 9.89. The molecule has 0 saturated heterocycles. The summed E-state index contributed by atoms with van der Waals surface area (Å²) < 4.78 is 0. The van der Waals surface area contributed by atoms with Crippen LogP contribution in [0.2, 0.25) is 0 Å². The molecule has 80 valence electrons. The van der Waals surface area contributed by atoms with Gasteiger partial charge in [-0.2, -0.15) is 0 Å². The fraction of sp³-hybridized carbons (Fsp3) is 0.909. The van der Waals surface area contributed by atoms with E-state index in [2.05, 4.69) is 17.2 Å². The molecule has 0 aromatic rings. The molecule has 1 fully saturated rings. The second-order valence-electron chi connectivity index (χ2n) is 4.46. The molecule has 0 bridgehead atoms. The number of aliphatic imine (C=N–C) groups is 1. The normalized spacial score (nSPS) is 28.9. The Bertz CT molecular complexity index is 209. The minimum atomic E-state index is 0.684. The highest BCUT2D eigenvalue weighted by Gasteiger charge is 2.17. The smallest absolute Gasteiger partial charge is 0.156 e. The molecule has 1 saturated carbocycles. The molecule has 1 N–H and O–H groups in total. The zero-order chi connectivity index (χ0) is 9.80. The maximum absolute atomic E-state index is 4.47. The van der Waals surface area contributed by atoms with Crippen molar-refractivity contribution in [2.75, 3.05) is 13.1 Å². The topological polar surface area (TPSA) is 24.4 Å². The van der Waals surface area contributed by atoms with Crippen LogP contribution in [-0.2, 0) is 0 Å². The molecule has 0 aromatic heterocycles. The Labute approximate surface area is 90.9 Å². The number of thioether (sulfide) groups is 1. The van der Waals surface area contributed by atoms with Crippen LogP contribution in [0.3, 0.4) is 0 Å². The van der Waals surface area contributed by atoms with Crippen LogP contribution < -0.4 is 5.32 Å². The van der Waals surface area contributed by atoms with Crippen LogP contribution in [0.15, 0.2) is 4.99 Å². The van der Waals surface area contributed by atoms with Gasteiger partial charge >= 0.3 is 0 Å². The highest BCUT2D eigenvalue weighted by atomic mass is 32.2. The molecule has 2 aliphatic rings. The average Bonchev–Trinajstić information content (AvgIpc) is 2.63. The average molecular weight is 212 g/mol. The third-order valence-electron chi connectivity index (χ3n) is 3.07. The van der Waals surface area contributed by atoms with Crippen molar-refractivity contribution in [1.29, 1.82) is 0 Å². The zero-order valence-electron chi connectivity index (χ0n) is 8.96. The molecule has 0 amide bonds. The number of nitrogens with zero attached hydrogens (tertiary/aromatic N) is 1. The molecular weight excluding hydrogens is 192 g/mol. The lowest BCUT2D eigenvalue weighted by Gasteiger charge is -2.22. The third-order valence-corrected chi connectivity index (χ3v) is 4.12. The van der Waals surface area contributed by atoms with Crippen molar-refractivity contribution in [2.45, 2.75) is 44.3 Å². The van der Waals surface area contributed by atoms with Gasteiger partial charge in [0, 0.05) is 11.8 Å². The Kier molecular flexibility index (Phi) is 3.74. The Balaban J connectivity index is 1.66. The Hall–Kier alpha value is -0.180. The molecule has 1 aliphatic heterocycles. The van der Waals surface area contributed by atoms with Crippen LogP contribution in [0.25, 0.3) is 0 Å². The van der Waals surface area contributed by atoms with Crippen molar-refractivity contribution >= 4 is 16.9 Å². The Morgan fingerprint density at radius 2 is 2.14 bits per heavy atom. The Morgan fingerprint density at radius 1 is 1.36 bits per heavy atom. The van der Waals surface area contributed by atoms with E-state index in [0.717, 1.165) is 19.0 Å². The van der Waals surface area contributed by atoms with Crippen LogP contribution in [0, 0.1) is 5.92 Å².